The highest BCUT2D eigenvalue weighted by atomic mass is 35.5. The van der Waals surface area contributed by atoms with Gasteiger partial charge >= 0.3 is 0 Å². The van der Waals surface area contributed by atoms with E-state index in [1.165, 1.54) is 11.1 Å². The van der Waals surface area contributed by atoms with Crippen molar-refractivity contribution >= 4 is 22.4 Å². The lowest BCUT2D eigenvalue weighted by Gasteiger charge is -2.34. The molecule has 0 spiro atoms. The number of benzene rings is 2. The predicted molar refractivity (Wildman–Crippen MR) is 119 cm³/mol. The van der Waals surface area contributed by atoms with Crippen molar-refractivity contribution in [1.29, 1.82) is 0 Å². The Balaban J connectivity index is 0.00000300. The van der Waals surface area contributed by atoms with Gasteiger partial charge in [0.1, 0.15) is 5.75 Å². The molecule has 0 N–H and O–H groups in total. The number of rotatable bonds is 8. The second-order valence-electron chi connectivity index (χ2n) is 7.28. The molecular weight excluding hydrogens is 408 g/mol. The fraction of sp³-hybridized carbons (Fsp3) is 0.455. The third-order valence-corrected chi connectivity index (χ3v) is 7.16. The summed E-state index contributed by atoms with van der Waals surface area (Å²) >= 11 is 0. The van der Waals surface area contributed by atoms with E-state index in [1.807, 2.05) is 30.3 Å². The van der Waals surface area contributed by atoms with E-state index < -0.39 is 10.0 Å². The van der Waals surface area contributed by atoms with Crippen LogP contribution in [-0.2, 0) is 23.0 Å². The van der Waals surface area contributed by atoms with Gasteiger partial charge in [0.05, 0.1) is 12.0 Å². The maximum Gasteiger partial charge on any atom is 0.243 e. The number of ether oxygens (including phenoxy) is 1. The van der Waals surface area contributed by atoms with E-state index in [9.17, 15) is 8.42 Å². The van der Waals surface area contributed by atoms with E-state index in [1.54, 1.807) is 23.5 Å². The molecule has 0 unspecified atom stereocenters. The maximum absolute atomic E-state index is 13.0. The standard InChI is InChI=1S/C22H30N2O3S.ClH/c1-3-4-6-19-9-11-22(12-10-19)28(25,26)24-15-13-23(14-16-24)18-20-7-5-8-21(17-20)27-2;/h5,7-12,17H,3-4,6,13-16,18H2,1-2H3;1H. The van der Waals surface area contributed by atoms with Crippen molar-refractivity contribution in [3.63, 3.8) is 0 Å². The van der Waals surface area contributed by atoms with Gasteiger partial charge in [-0.3, -0.25) is 4.90 Å². The van der Waals surface area contributed by atoms with Crippen molar-refractivity contribution in [2.24, 2.45) is 0 Å². The van der Waals surface area contributed by atoms with Crippen molar-refractivity contribution in [2.45, 2.75) is 37.6 Å². The minimum absolute atomic E-state index is 0. The Kier molecular flexibility index (Phi) is 8.96. The average molecular weight is 439 g/mol. The largest absolute Gasteiger partial charge is 0.497 e. The monoisotopic (exact) mass is 438 g/mol. The van der Waals surface area contributed by atoms with Gasteiger partial charge in [-0.1, -0.05) is 37.6 Å². The van der Waals surface area contributed by atoms with Crippen molar-refractivity contribution in [3.8, 4) is 5.75 Å². The molecule has 7 heteroatoms. The van der Waals surface area contributed by atoms with Crippen LogP contribution in [0.15, 0.2) is 53.4 Å². The lowest BCUT2D eigenvalue weighted by Crippen LogP contribution is -2.48. The third-order valence-electron chi connectivity index (χ3n) is 5.25. The van der Waals surface area contributed by atoms with E-state index in [2.05, 4.69) is 17.9 Å². The summed E-state index contributed by atoms with van der Waals surface area (Å²) in [6, 6.07) is 15.4. The molecule has 0 amide bonds. The van der Waals surface area contributed by atoms with Crippen LogP contribution in [0.1, 0.15) is 30.9 Å². The zero-order chi connectivity index (χ0) is 20.0. The van der Waals surface area contributed by atoms with Gasteiger partial charge in [-0.15, -0.1) is 12.4 Å². The Morgan fingerprint density at radius 3 is 2.28 bits per heavy atom. The van der Waals surface area contributed by atoms with Crippen molar-refractivity contribution in [2.75, 3.05) is 33.3 Å². The molecule has 160 valence electrons. The van der Waals surface area contributed by atoms with Crippen LogP contribution >= 0.6 is 12.4 Å². The highest BCUT2D eigenvalue weighted by molar-refractivity contribution is 7.89. The number of hydrogen-bond donors (Lipinski definition) is 0. The summed E-state index contributed by atoms with van der Waals surface area (Å²) in [5.74, 6) is 0.848. The first-order valence-electron chi connectivity index (χ1n) is 9.97. The molecule has 0 aromatic heterocycles. The van der Waals surface area contributed by atoms with Gasteiger partial charge in [-0.2, -0.15) is 4.31 Å². The SMILES string of the molecule is CCCCc1ccc(S(=O)(=O)N2CCN(Cc3cccc(OC)c3)CC2)cc1.Cl. The minimum atomic E-state index is -3.42. The van der Waals surface area contributed by atoms with Crippen molar-refractivity contribution < 1.29 is 13.2 Å². The highest BCUT2D eigenvalue weighted by Crippen LogP contribution is 2.20. The summed E-state index contributed by atoms with van der Waals surface area (Å²) in [7, 11) is -1.75. The number of methoxy groups -OCH3 is 1. The van der Waals surface area contributed by atoms with Crippen LogP contribution in [0.5, 0.6) is 5.75 Å². The first-order valence-corrected chi connectivity index (χ1v) is 11.4. The molecule has 0 bridgehead atoms. The van der Waals surface area contributed by atoms with Crippen molar-refractivity contribution in [3.05, 3.63) is 59.7 Å². The van der Waals surface area contributed by atoms with E-state index in [0.29, 0.717) is 18.0 Å². The molecule has 2 aromatic rings. The summed E-state index contributed by atoms with van der Waals surface area (Å²) in [5, 5.41) is 0. The second kappa shape index (κ2) is 11.0. The molecule has 1 saturated heterocycles. The Labute approximate surface area is 181 Å². The summed E-state index contributed by atoms with van der Waals surface area (Å²) < 4.78 is 32.8. The summed E-state index contributed by atoms with van der Waals surface area (Å²) in [6.45, 7) is 5.45. The molecule has 2 aromatic carbocycles. The lowest BCUT2D eigenvalue weighted by atomic mass is 10.1. The molecule has 0 aliphatic carbocycles. The molecule has 1 heterocycles. The summed E-state index contributed by atoms with van der Waals surface area (Å²) in [5.41, 5.74) is 2.38. The Morgan fingerprint density at radius 1 is 0.966 bits per heavy atom. The van der Waals surface area contributed by atoms with Gasteiger partial charge in [0.2, 0.25) is 10.0 Å². The Hall–Kier alpha value is -1.60. The topological polar surface area (TPSA) is 49.9 Å². The van der Waals surface area contributed by atoms with Crippen LogP contribution in [0.25, 0.3) is 0 Å². The van der Waals surface area contributed by atoms with Gasteiger partial charge in [0, 0.05) is 32.7 Å². The number of hydrogen-bond acceptors (Lipinski definition) is 4. The molecule has 0 atom stereocenters. The fourth-order valence-electron chi connectivity index (χ4n) is 3.52. The van der Waals surface area contributed by atoms with E-state index >= 15 is 0 Å². The van der Waals surface area contributed by atoms with Crippen molar-refractivity contribution in [1.82, 2.24) is 9.21 Å². The smallest absolute Gasteiger partial charge is 0.243 e. The molecule has 29 heavy (non-hydrogen) atoms. The Morgan fingerprint density at radius 2 is 1.66 bits per heavy atom. The van der Waals surface area contributed by atoms with Crippen LogP contribution in [0, 0.1) is 0 Å². The maximum atomic E-state index is 13.0. The van der Waals surface area contributed by atoms with Crippen LogP contribution in [0.2, 0.25) is 0 Å². The zero-order valence-electron chi connectivity index (χ0n) is 17.2. The van der Waals surface area contributed by atoms with E-state index in [-0.39, 0.29) is 12.4 Å². The van der Waals surface area contributed by atoms with Crippen LogP contribution in [0.3, 0.4) is 0 Å². The summed E-state index contributed by atoms with van der Waals surface area (Å²) in [6.07, 6.45) is 3.27. The number of piperazine rings is 1. The number of nitrogens with zero attached hydrogens (tertiary/aromatic N) is 2. The average Bonchev–Trinajstić information content (AvgIpc) is 2.73. The number of aryl methyl sites for hydroxylation is 1. The predicted octanol–water partition coefficient (Wildman–Crippen LogP) is 3.97. The molecule has 1 aliphatic heterocycles. The number of halogens is 1. The molecule has 3 rings (SSSR count). The fourth-order valence-corrected chi connectivity index (χ4v) is 4.94. The Bertz CT molecular complexity index is 864. The first kappa shape index (κ1) is 23.7. The van der Waals surface area contributed by atoms with Crippen LogP contribution in [0.4, 0.5) is 0 Å². The van der Waals surface area contributed by atoms with Gasteiger partial charge in [0.15, 0.2) is 0 Å². The van der Waals surface area contributed by atoms with E-state index in [4.69, 9.17) is 4.74 Å². The van der Waals surface area contributed by atoms with Gasteiger partial charge in [0.25, 0.3) is 0 Å². The van der Waals surface area contributed by atoms with Gasteiger partial charge < -0.3 is 4.74 Å². The highest BCUT2D eigenvalue weighted by Gasteiger charge is 2.28. The van der Waals surface area contributed by atoms with Crippen LogP contribution < -0.4 is 4.74 Å². The minimum Gasteiger partial charge on any atom is -0.497 e. The van der Waals surface area contributed by atoms with Gasteiger partial charge in [-0.05, 0) is 48.2 Å². The summed E-state index contributed by atoms with van der Waals surface area (Å²) in [4.78, 5) is 2.68. The molecule has 1 fully saturated rings. The molecule has 1 aliphatic rings. The second-order valence-corrected chi connectivity index (χ2v) is 9.22. The lowest BCUT2D eigenvalue weighted by molar-refractivity contribution is 0.181. The molecule has 5 nitrogen and oxygen atoms in total. The zero-order valence-corrected chi connectivity index (χ0v) is 18.8. The van der Waals surface area contributed by atoms with E-state index in [0.717, 1.165) is 44.6 Å². The molecular formula is C22H31ClN2O3S. The first-order chi connectivity index (χ1) is 13.5. The number of unbranched alkanes of at least 4 members (excludes halogenated alkanes) is 1. The quantitative estimate of drug-likeness (QED) is 0.625. The molecule has 0 radical (unpaired) electrons. The molecule has 0 saturated carbocycles. The number of sulfonamides is 1. The third kappa shape index (κ3) is 6.19. The van der Waals surface area contributed by atoms with Gasteiger partial charge in [-0.25, -0.2) is 8.42 Å². The van der Waals surface area contributed by atoms with Crippen LogP contribution in [-0.4, -0.2) is 50.9 Å². The normalized spacial score (nSPS) is 15.7.